The number of aromatic nitrogens is 1. The van der Waals surface area contributed by atoms with Crippen LogP contribution in [0.2, 0.25) is 0 Å². The summed E-state index contributed by atoms with van der Waals surface area (Å²) in [5, 5.41) is 6.63. The third-order valence-electron chi connectivity index (χ3n) is 3.32. The van der Waals surface area contributed by atoms with E-state index in [1.54, 1.807) is 6.07 Å². The molecule has 0 spiro atoms. The summed E-state index contributed by atoms with van der Waals surface area (Å²) in [4.78, 5) is 12.0. The van der Waals surface area contributed by atoms with Crippen LogP contribution in [0, 0.1) is 0 Å². The maximum Gasteiger partial charge on any atom is 0.273 e. The Morgan fingerprint density at radius 1 is 1.35 bits per heavy atom. The number of nitrogens with zero attached hydrogens (tertiary/aromatic N) is 1. The molecule has 1 fully saturated rings. The number of hydrogen-bond acceptors (Lipinski definition) is 4. The van der Waals surface area contributed by atoms with Gasteiger partial charge in [-0.1, -0.05) is 35.5 Å². The molecule has 1 N–H and O–H groups in total. The molecule has 1 atom stereocenters. The van der Waals surface area contributed by atoms with E-state index in [-0.39, 0.29) is 12.0 Å². The van der Waals surface area contributed by atoms with Crippen LogP contribution in [0.25, 0.3) is 11.3 Å². The Morgan fingerprint density at radius 3 is 2.95 bits per heavy atom. The first kappa shape index (κ1) is 12.9. The summed E-state index contributed by atoms with van der Waals surface area (Å²) in [6.45, 7) is 1.30. The minimum Gasteiger partial charge on any atom is -0.376 e. The first-order chi connectivity index (χ1) is 9.83. The fraction of sp³-hybridized carbons (Fsp3) is 0.333. The van der Waals surface area contributed by atoms with Crippen LogP contribution >= 0.6 is 0 Å². The number of ether oxygens (including phenoxy) is 1. The minimum atomic E-state index is -0.230. The number of nitrogens with one attached hydrogen (secondary N) is 1. The van der Waals surface area contributed by atoms with E-state index in [2.05, 4.69) is 10.5 Å². The maximum absolute atomic E-state index is 12.0. The number of rotatable bonds is 4. The first-order valence-corrected chi connectivity index (χ1v) is 6.75. The van der Waals surface area contributed by atoms with E-state index in [1.165, 1.54) is 0 Å². The monoisotopic (exact) mass is 272 g/mol. The molecule has 1 amide bonds. The second-order valence-electron chi connectivity index (χ2n) is 4.79. The molecule has 5 nitrogen and oxygen atoms in total. The second kappa shape index (κ2) is 5.88. The van der Waals surface area contributed by atoms with Gasteiger partial charge in [0.15, 0.2) is 11.5 Å². The number of amides is 1. The smallest absolute Gasteiger partial charge is 0.273 e. The molecule has 1 aromatic heterocycles. The maximum atomic E-state index is 12.0. The Balaban J connectivity index is 1.62. The number of benzene rings is 1. The molecule has 0 aliphatic carbocycles. The van der Waals surface area contributed by atoms with E-state index in [0.717, 1.165) is 25.0 Å². The van der Waals surface area contributed by atoms with Crippen LogP contribution in [-0.4, -0.2) is 30.3 Å². The highest BCUT2D eigenvalue weighted by Crippen LogP contribution is 2.19. The van der Waals surface area contributed by atoms with Gasteiger partial charge in [-0.3, -0.25) is 4.79 Å². The van der Waals surface area contributed by atoms with Crippen LogP contribution in [-0.2, 0) is 4.74 Å². The summed E-state index contributed by atoms with van der Waals surface area (Å²) in [7, 11) is 0. The van der Waals surface area contributed by atoms with Gasteiger partial charge in [-0.2, -0.15) is 0 Å². The second-order valence-corrected chi connectivity index (χ2v) is 4.79. The lowest BCUT2D eigenvalue weighted by Gasteiger charge is -2.09. The highest BCUT2D eigenvalue weighted by atomic mass is 16.5. The van der Waals surface area contributed by atoms with Crippen molar-refractivity contribution in [1.82, 2.24) is 10.5 Å². The quantitative estimate of drug-likeness (QED) is 0.927. The number of carbonyl (C=O) groups is 1. The summed E-state index contributed by atoms with van der Waals surface area (Å²) in [6.07, 6.45) is 2.18. The molecule has 0 bridgehead atoms. The van der Waals surface area contributed by atoms with Crippen LogP contribution in [0.4, 0.5) is 0 Å². The van der Waals surface area contributed by atoms with Crippen molar-refractivity contribution in [1.29, 1.82) is 0 Å². The molecule has 1 aliphatic heterocycles. The minimum absolute atomic E-state index is 0.124. The highest BCUT2D eigenvalue weighted by Gasteiger charge is 2.18. The van der Waals surface area contributed by atoms with Crippen molar-refractivity contribution in [2.45, 2.75) is 18.9 Å². The van der Waals surface area contributed by atoms with Crippen LogP contribution < -0.4 is 5.32 Å². The average molecular weight is 272 g/mol. The van der Waals surface area contributed by atoms with E-state index in [4.69, 9.17) is 9.26 Å². The van der Waals surface area contributed by atoms with Crippen LogP contribution in [0.3, 0.4) is 0 Å². The Labute approximate surface area is 116 Å². The summed E-state index contributed by atoms with van der Waals surface area (Å²) in [5.74, 6) is 0.360. The Bertz CT molecular complexity index is 574. The molecule has 0 saturated carbocycles. The SMILES string of the molecule is O=C(NC[C@H]1CCCO1)c1cc(-c2ccccc2)on1. The lowest BCUT2D eigenvalue weighted by atomic mass is 10.1. The molecule has 0 radical (unpaired) electrons. The lowest BCUT2D eigenvalue weighted by molar-refractivity contribution is 0.0850. The van der Waals surface area contributed by atoms with Crippen molar-refractivity contribution in [3.05, 3.63) is 42.1 Å². The zero-order chi connectivity index (χ0) is 13.8. The molecule has 3 rings (SSSR count). The molecule has 1 saturated heterocycles. The summed E-state index contributed by atoms with van der Waals surface area (Å²) in [5.41, 5.74) is 1.19. The van der Waals surface area contributed by atoms with Crippen molar-refractivity contribution in [3.63, 3.8) is 0 Å². The van der Waals surface area contributed by atoms with Gasteiger partial charge in [-0.25, -0.2) is 0 Å². The summed E-state index contributed by atoms with van der Waals surface area (Å²) >= 11 is 0. The largest absolute Gasteiger partial charge is 0.376 e. The number of hydrogen-bond donors (Lipinski definition) is 1. The van der Waals surface area contributed by atoms with E-state index in [9.17, 15) is 4.79 Å². The van der Waals surface area contributed by atoms with Crippen LogP contribution in [0.1, 0.15) is 23.3 Å². The molecular weight excluding hydrogens is 256 g/mol. The van der Waals surface area contributed by atoms with Gasteiger partial charge >= 0.3 is 0 Å². The van der Waals surface area contributed by atoms with Crippen molar-refractivity contribution in [2.75, 3.05) is 13.2 Å². The van der Waals surface area contributed by atoms with Gasteiger partial charge in [0.1, 0.15) is 0 Å². The van der Waals surface area contributed by atoms with Gasteiger partial charge in [0.05, 0.1) is 6.10 Å². The summed E-state index contributed by atoms with van der Waals surface area (Å²) < 4.78 is 10.7. The normalized spacial score (nSPS) is 18.1. The third-order valence-corrected chi connectivity index (χ3v) is 3.32. The van der Waals surface area contributed by atoms with Gasteiger partial charge in [0.25, 0.3) is 5.91 Å². The molecular formula is C15H16N2O3. The third kappa shape index (κ3) is 2.88. The van der Waals surface area contributed by atoms with Gasteiger partial charge in [0, 0.05) is 24.8 Å². The van der Waals surface area contributed by atoms with Gasteiger partial charge in [-0.05, 0) is 12.8 Å². The summed E-state index contributed by atoms with van der Waals surface area (Å²) in [6, 6.07) is 11.2. The molecule has 1 aromatic carbocycles. The predicted octanol–water partition coefficient (Wildman–Crippen LogP) is 2.25. The molecule has 0 unspecified atom stereocenters. The van der Waals surface area contributed by atoms with E-state index in [1.807, 2.05) is 30.3 Å². The first-order valence-electron chi connectivity index (χ1n) is 6.75. The molecule has 2 heterocycles. The Morgan fingerprint density at radius 2 is 2.20 bits per heavy atom. The van der Waals surface area contributed by atoms with Crippen LogP contribution in [0.15, 0.2) is 40.9 Å². The van der Waals surface area contributed by atoms with Crippen LogP contribution in [0.5, 0.6) is 0 Å². The van der Waals surface area contributed by atoms with Crippen molar-refractivity contribution in [3.8, 4) is 11.3 Å². The average Bonchev–Trinajstić information content (AvgIpc) is 3.17. The zero-order valence-electron chi connectivity index (χ0n) is 11.0. The van der Waals surface area contributed by atoms with Crippen molar-refractivity contribution >= 4 is 5.91 Å². The fourth-order valence-corrected chi connectivity index (χ4v) is 2.22. The van der Waals surface area contributed by atoms with E-state index >= 15 is 0 Å². The van der Waals surface area contributed by atoms with Gasteiger partial charge < -0.3 is 14.6 Å². The lowest BCUT2D eigenvalue weighted by Crippen LogP contribution is -2.31. The van der Waals surface area contributed by atoms with Gasteiger partial charge in [0.2, 0.25) is 0 Å². The Hall–Kier alpha value is -2.14. The number of carbonyl (C=O) groups excluding carboxylic acids is 1. The highest BCUT2D eigenvalue weighted by molar-refractivity contribution is 5.93. The van der Waals surface area contributed by atoms with Gasteiger partial charge in [-0.15, -0.1) is 0 Å². The molecule has 104 valence electrons. The predicted molar refractivity (Wildman–Crippen MR) is 73.2 cm³/mol. The molecule has 20 heavy (non-hydrogen) atoms. The van der Waals surface area contributed by atoms with E-state index in [0.29, 0.717) is 18.0 Å². The topological polar surface area (TPSA) is 64.4 Å². The fourth-order valence-electron chi connectivity index (χ4n) is 2.22. The molecule has 2 aromatic rings. The van der Waals surface area contributed by atoms with Crippen molar-refractivity contribution in [2.24, 2.45) is 0 Å². The van der Waals surface area contributed by atoms with Crippen molar-refractivity contribution < 1.29 is 14.1 Å². The van der Waals surface area contributed by atoms with E-state index < -0.39 is 0 Å². The zero-order valence-corrected chi connectivity index (χ0v) is 11.0. The Kier molecular flexibility index (Phi) is 3.78. The standard InChI is InChI=1S/C15H16N2O3/c18-15(16-10-12-7-4-8-19-12)13-9-14(20-17-13)11-5-2-1-3-6-11/h1-3,5-6,9,12H,4,7-8,10H2,(H,16,18)/t12-/m1/s1. The molecule has 1 aliphatic rings. The molecule has 5 heteroatoms.